The summed E-state index contributed by atoms with van der Waals surface area (Å²) in [4.78, 5) is 0. The summed E-state index contributed by atoms with van der Waals surface area (Å²) in [7, 11) is 0. The third kappa shape index (κ3) is 7.83. The molecule has 0 aromatic rings. The summed E-state index contributed by atoms with van der Waals surface area (Å²) in [5.41, 5.74) is -7.75. The first-order valence-corrected chi connectivity index (χ1v) is 14.6. The van der Waals surface area contributed by atoms with Crippen LogP contribution in [0.15, 0.2) is 35.5 Å². The minimum Gasteiger partial charge on any atom is -0.393 e. The Morgan fingerprint density at radius 3 is 2.14 bits per heavy atom. The highest BCUT2D eigenvalue weighted by Crippen LogP contribution is 2.64. The lowest BCUT2D eigenvalue weighted by atomic mass is 9.55. The van der Waals surface area contributed by atoms with E-state index in [1.807, 2.05) is 19.1 Å². The van der Waals surface area contributed by atoms with E-state index in [1.165, 1.54) is 0 Å². The van der Waals surface area contributed by atoms with Crippen molar-refractivity contribution in [3.05, 3.63) is 35.5 Å². The molecule has 0 radical (unpaired) electrons. The maximum atomic E-state index is 13.5. The number of aliphatic hydroxyl groups is 4. The van der Waals surface area contributed by atoms with Crippen LogP contribution in [0, 0.1) is 22.7 Å². The van der Waals surface area contributed by atoms with Crippen molar-refractivity contribution >= 4 is 0 Å². The molecule has 2 unspecified atom stereocenters. The van der Waals surface area contributed by atoms with Gasteiger partial charge in [-0.15, -0.1) is 0 Å². The van der Waals surface area contributed by atoms with Gasteiger partial charge < -0.3 is 20.4 Å². The summed E-state index contributed by atoms with van der Waals surface area (Å²) < 4.78 is 127. The molecular weight excluding hydrogens is 562 g/mol. The third-order valence-corrected chi connectivity index (χ3v) is 9.97. The summed E-state index contributed by atoms with van der Waals surface area (Å²) in [6.45, 7) is -2.90. The van der Waals surface area contributed by atoms with Crippen molar-refractivity contribution in [2.75, 3.05) is 0 Å². The number of alkyl halides is 6. The van der Waals surface area contributed by atoms with Crippen molar-refractivity contribution in [3.63, 3.8) is 0 Å². The van der Waals surface area contributed by atoms with Gasteiger partial charge in [0.15, 0.2) is 0 Å². The Bertz CT molecular complexity index is 1190. The van der Waals surface area contributed by atoms with E-state index in [4.69, 9.17) is 8.22 Å². The molecule has 10 heteroatoms. The lowest BCUT2D eigenvalue weighted by Gasteiger charge is -2.49. The normalized spacial score (nSPS) is 35.0. The van der Waals surface area contributed by atoms with Crippen LogP contribution < -0.4 is 0 Å². The molecule has 0 amide bonds. The van der Waals surface area contributed by atoms with Crippen molar-refractivity contribution in [1.82, 2.24) is 0 Å². The zero-order valence-corrected chi connectivity index (χ0v) is 24.2. The third-order valence-electron chi connectivity index (χ3n) is 9.97. The van der Waals surface area contributed by atoms with Gasteiger partial charge >= 0.3 is 12.4 Å². The number of aliphatic hydroxyl groups excluding tert-OH is 2. The van der Waals surface area contributed by atoms with Crippen LogP contribution in [0.5, 0.6) is 0 Å². The average molecular weight is 617 g/mol. The first-order chi connectivity index (χ1) is 21.6. The number of allylic oxidation sites excluding steroid dienone is 4. The van der Waals surface area contributed by atoms with Crippen molar-refractivity contribution in [3.8, 4) is 0 Å². The molecular formula is C32H48F6O4. The first kappa shape index (κ1) is 27.0. The zero-order chi connectivity index (χ0) is 36.8. The summed E-state index contributed by atoms with van der Waals surface area (Å²) in [6.07, 6.45) is -5.93. The molecule has 4 N–H and O–H groups in total. The second kappa shape index (κ2) is 12.6. The van der Waals surface area contributed by atoms with Gasteiger partial charge in [0.2, 0.25) is 0 Å². The Hall–Kier alpha value is -1.36. The van der Waals surface area contributed by atoms with Crippen LogP contribution >= 0.6 is 0 Å². The second-order valence-corrected chi connectivity index (χ2v) is 13.3. The number of halogens is 6. The molecule has 3 rings (SSSR count). The van der Waals surface area contributed by atoms with Crippen LogP contribution in [-0.2, 0) is 0 Å². The number of hydrogen-bond acceptors (Lipinski definition) is 4. The summed E-state index contributed by atoms with van der Waals surface area (Å²) in [5, 5.41) is 40.7. The van der Waals surface area contributed by atoms with Crippen molar-refractivity contribution in [2.24, 2.45) is 22.7 Å². The molecule has 3 fully saturated rings. The molecule has 3 aliphatic carbocycles. The van der Waals surface area contributed by atoms with E-state index in [0.29, 0.717) is 44.6 Å². The van der Waals surface area contributed by atoms with Crippen LogP contribution in [0.3, 0.4) is 0 Å². The molecule has 0 aromatic heterocycles. The fourth-order valence-corrected chi connectivity index (χ4v) is 7.93. The summed E-state index contributed by atoms with van der Waals surface area (Å²) >= 11 is 0. The Morgan fingerprint density at radius 2 is 1.57 bits per heavy atom. The average Bonchev–Trinajstić information content (AvgIpc) is 3.27. The van der Waals surface area contributed by atoms with E-state index >= 15 is 0 Å². The van der Waals surface area contributed by atoms with Crippen LogP contribution in [0.25, 0.3) is 0 Å². The predicted molar refractivity (Wildman–Crippen MR) is 149 cm³/mol. The molecule has 242 valence electrons. The Morgan fingerprint density at radius 1 is 0.952 bits per heavy atom. The van der Waals surface area contributed by atoms with E-state index in [2.05, 4.69) is 0 Å². The van der Waals surface area contributed by atoms with E-state index in [1.54, 1.807) is 6.92 Å². The van der Waals surface area contributed by atoms with Crippen LogP contribution in [0.4, 0.5) is 26.3 Å². The van der Waals surface area contributed by atoms with Gasteiger partial charge in [0.25, 0.3) is 5.60 Å². The van der Waals surface area contributed by atoms with Gasteiger partial charge in [0.05, 0.1) is 17.8 Å². The quantitative estimate of drug-likeness (QED) is 0.158. The van der Waals surface area contributed by atoms with E-state index < -0.39 is 66.7 Å². The minimum absolute atomic E-state index is 0.00110. The number of fused-ring (bicyclic) bond motifs is 1. The molecule has 0 bridgehead atoms. The molecule has 0 aromatic carbocycles. The van der Waals surface area contributed by atoms with Gasteiger partial charge in [-0.25, -0.2) is 0 Å². The molecule has 0 spiro atoms. The SMILES string of the molecule is [2H]C([2H])([2H])C(O)(CCCC(C)(C/C=C/C(O)(C(F)(F)F)C(F)(F)F)[C@H]1CCC2/C(=C/C=C3C[C@@H](O)C[C@H](O)C3)CCC[C@@]21C)C([2H])([2H])[2H]. The second-order valence-electron chi connectivity index (χ2n) is 13.3. The van der Waals surface area contributed by atoms with E-state index in [-0.39, 0.29) is 37.2 Å². The Balaban J connectivity index is 1.99. The van der Waals surface area contributed by atoms with Gasteiger partial charge in [0, 0.05) is 8.22 Å². The number of hydrogen-bond donors (Lipinski definition) is 4. The maximum absolute atomic E-state index is 13.5. The highest BCUT2D eigenvalue weighted by Gasteiger charge is 2.69. The van der Waals surface area contributed by atoms with Crippen LogP contribution in [0.2, 0.25) is 0 Å². The highest BCUT2D eigenvalue weighted by molar-refractivity contribution is 5.27. The van der Waals surface area contributed by atoms with E-state index in [0.717, 1.165) is 24.0 Å². The highest BCUT2D eigenvalue weighted by atomic mass is 19.4. The van der Waals surface area contributed by atoms with Crippen LogP contribution in [0.1, 0.15) is 113 Å². The molecule has 3 aliphatic rings. The van der Waals surface area contributed by atoms with Crippen molar-refractivity contribution < 1.29 is 55.0 Å². The molecule has 6 atom stereocenters. The predicted octanol–water partition coefficient (Wildman–Crippen LogP) is 7.71. The van der Waals surface area contributed by atoms with Gasteiger partial charge in [0.1, 0.15) is 0 Å². The van der Waals surface area contributed by atoms with Gasteiger partial charge in [-0.1, -0.05) is 49.6 Å². The van der Waals surface area contributed by atoms with Crippen molar-refractivity contribution in [2.45, 2.75) is 140 Å². The molecule has 0 heterocycles. The lowest BCUT2D eigenvalue weighted by Crippen LogP contribution is -2.55. The fourth-order valence-electron chi connectivity index (χ4n) is 7.93. The van der Waals surface area contributed by atoms with Crippen molar-refractivity contribution in [1.29, 1.82) is 0 Å². The number of rotatable bonds is 9. The molecule has 42 heavy (non-hydrogen) atoms. The first-order valence-electron chi connectivity index (χ1n) is 17.6. The standard InChI is InChI=1S/C32H48F6O4/c1-27(2,41)13-6-14-28(3,15-7-17-30(42,31(33,34)35)32(36,37)38)26-12-11-25-22(8-5-16-29(25,26)4)10-9-21-18-23(39)20-24(40)19-21/h7,9-10,17,23-26,39-42H,5-6,8,11-16,18-20H2,1-4H3/b17-7+,22-10+/t23-,24-,25?,26-,28?,29+/m1/s1/i1D3,2D3. The molecule has 4 nitrogen and oxygen atoms in total. The van der Waals surface area contributed by atoms with Gasteiger partial charge in [-0.05, 0) is 113 Å². The van der Waals surface area contributed by atoms with Crippen LogP contribution in [-0.4, -0.2) is 56.2 Å². The molecule has 3 saturated carbocycles. The molecule has 0 saturated heterocycles. The van der Waals surface area contributed by atoms with Gasteiger partial charge in [-0.2, -0.15) is 26.3 Å². The van der Waals surface area contributed by atoms with E-state index in [9.17, 15) is 46.8 Å². The Kier molecular flexibility index (Phi) is 8.07. The monoisotopic (exact) mass is 616 g/mol. The Labute approximate surface area is 254 Å². The summed E-state index contributed by atoms with van der Waals surface area (Å²) in [6, 6.07) is 0. The van der Waals surface area contributed by atoms with Gasteiger partial charge in [-0.3, -0.25) is 0 Å². The smallest absolute Gasteiger partial charge is 0.393 e. The fraction of sp³-hybridized carbons (Fsp3) is 0.812. The minimum atomic E-state index is -6.06. The molecule has 0 aliphatic heterocycles. The lowest BCUT2D eigenvalue weighted by molar-refractivity contribution is -0.347. The zero-order valence-electron chi connectivity index (χ0n) is 30.2. The largest absolute Gasteiger partial charge is 0.429 e. The summed E-state index contributed by atoms with van der Waals surface area (Å²) in [5.74, 6) is -0.313. The topological polar surface area (TPSA) is 80.9 Å². The maximum Gasteiger partial charge on any atom is 0.429 e.